The minimum Gasteiger partial charge on any atom is -0.494 e. The van der Waals surface area contributed by atoms with Gasteiger partial charge in [-0.1, -0.05) is 19.9 Å². The summed E-state index contributed by atoms with van der Waals surface area (Å²) in [6.45, 7) is 5.90. The molecule has 0 aliphatic heterocycles. The lowest BCUT2D eigenvalue weighted by Crippen LogP contribution is -2.54. The third kappa shape index (κ3) is 5.68. The fourth-order valence-corrected chi connectivity index (χ4v) is 3.40. The molecule has 0 heterocycles. The van der Waals surface area contributed by atoms with Crippen molar-refractivity contribution in [3.63, 3.8) is 0 Å². The molecule has 25 heavy (non-hydrogen) atoms. The Labute approximate surface area is 149 Å². The van der Waals surface area contributed by atoms with E-state index in [0.29, 0.717) is 18.0 Å². The summed E-state index contributed by atoms with van der Waals surface area (Å²) in [6, 6.07) is 5.93. The van der Waals surface area contributed by atoms with Gasteiger partial charge in [0.05, 0.1) is 13.7 Å². The SMILES string of the molecule is CCN(CC(=O)O)C1CC(NCC(C)Cc2ccc(OC)c(F)c2)C1. The molecule has 0 aromatic heterocycles. The summed E-state index contributed by atoms with van der Waals surface area (Å²) >= 11 is 0. The minimum absolute atomic E-state index is 0.118. The zero-order chi connectivity index (χ0) is 18.4. The zero-order valence-electron chi connectivity index (χ0n) is 15.3. The summed E-state index contributed by atoms with van der Waals surface area (Å²) in [5.41, 5.74) is 0.970. The maximum atomic E-state index is 13.7. The second kappa shape index (κ2) is 9.15. The van der Waals surface area contributed by atoms with Gasteiger partial charge in [0.25, 0.3) is 0 Å². The van der Waals surface area contributed by atoms with Crippen molar-refractivity contribution in [3.05, 3.63) is 29.6 Å². The van der Waals surface area contributed by atoms with Crippen LogP contribution in [0, 0.1) is 11.7 Å². The van der Waals surface area contributed by atoms with Crippen molar-refractivity contribution >= 4 is 5.97 Å². The van der Waals surface area contributed by atoms with Crippen molar-refractivity contribution in [2.75, 3.05) is 26.7 Å². The van der Waals surface area contributed by atoms with Gasteiger partial charge in [-0.15, -0.1) is 0 Å². The van der Waals surface area contributed by atoms with Crippen LogP contribution in [0.1, 0.15) is 32.3 Å². The molecule has 1 saturated carbocycles. The summed E-state index contributed by atoms with van der Waals surface area (Å²) in [6.07, 6.45) is 2.79. The molecule has 0 amide bonds. The van der Waals surface area contributed by atoms with E-state index in [9.17, 15) is 9.18 Å². The Kier molecular flexibility index (Phi) is 7.20. The third-order valence-electron chi connectivity index (χ3n) is 4.93. The van der Waals surface area contributed by atoms with Gasteiger partial charge < -0.3 is 15.2 Å². The second-order valence-electron chi connectivity index (χ2n) is 6.97. The number of carboxylic acids is 1. The Bertz CT molecular complexity index is 576. The number of aliphatic carboxylic acids is 1. The molecule has 1 atom stereocenters. The van der Waals surface area contributed by atoms with Crippen LogP contribution in [0.2, 0.25) is 0 Å². The Hall–Kier alpha value is -1.66. The molecule has 2 rings (SSSR count). The van der Waals surface area contributed by atoms with Crippen molar-refractivity contribution in [1.29, 1.82) is 0 Å². The Morgan fingerprint density at radius 1 is 1.48 bits per heavy atom. The summed E-state index contributed by atoms with van der Waals surface area (Å²) < 4.78 is 18.7. The van der Waals surface area contributed by atoms with Crippen molar-refractivity contribution in [1.82, 2.24) is 10.2 Å². The van der Waals surface area contributed by atoms with E-state index < -0.39 is 5.97 Å². The number of nitrogens with one attached hydrogen (secondary N) is 1. The van der Waals surface area contributed by atoms with Crippen LogP contribution in [0.3, 0.4) is 0 Å². The average molecular weight is 352 g/mol. The first-order valence-electron chi connectivity index (χ1n) is 8.94. The maximum Gasteiger partial charge on any atom is 0.317 e. The van der Waals surface area contributed by atoms with Gasteiger partial charge in [0.15, 0.2) is 11.6 Å². The number of hydrogen-bond acceptors (Lipinski definition) is 4. The van der Waals surface area contributed by atoms with E-state index in [0.717, 1.165) is 37.9 Å². The van der Waals surface area contributed by atoms with Crippen LogP contribution in [0.4, 0.5) is 4.39 Å². The van der Waals surface area contributed by atoms with Gasteiger partial charge in [-0.25, -0.2) is 4.39 Å². The maximum absolute atomic E-state index is 13.7. The number of hydrogen-bond donors (Lipinski definition) is 2. The summed E-state index contributed by atoms with van der Waals surface area (Å²) in [7, 11) is 1.46. The Balaban J connectivity index is 1.70. The topological polar surface area (TPSA) is 61.8 Å². The molecule has 1 aromatic rings. The van der Waals surface area contributed by atoms with Crippen LogP contribution in [-0.4, -0.2) is 54.8 Å². The summed E-state index contributed by atoms with van der Waals surface area (Å²) in [4.78, 5) is 12.9. The van der Waals surface area contributed by atoms with E-state index in [-0.39, 0.29) is 18.1 Å². The van der Waals surface area contributed by atoms with E-state index in [2.05, 4.69) is 12.2 Å². The van der Waals surface area contributed by atoms with Crippen LogP contribution in [0.5, 0.6) is 5.75 Å². The molecule has 1 aliphatic rings. The number of carbonyl (C=O) groups is 1. The fourth-order valence-electron chi connectivity index (χ4n) is 3.40. The van der Waals surface area contributed by atoms with E-state index in [1.165, 1.54) is 7.11 Å². The second-order valence-corrected chi connectivity index (χ2v) is 6.97. The van der Waals surface area contributed by atoms with Crippen LogP contribution in [-0.2, 0) is 11.2 Å². The van der Waals surface area contributed by atoms with Gasteiger partial charge in [-0.3, -0.25) is 9.69 Å². The fraction of sp³-hybridized carbons (Fsp3) is 0.632. The molecule has 140 valence electrons. The smallest absolute Gasteiger partial charge is 0.317 e. The molecule has 0 bridgehead atoms. The minimum atomic E-state index is -0.765. The number of halogens is 1. The molecule has 1 unspecified atom stereocenters. The number of likely N-dealkylation sites (N-methyl/N-ethyl adjacent to an activating group) is 1. The monoisotopic (exact) mass is 352 g/mol. The summed E-state index contributed by atoms with van der Waals surface area (Å²) in [5, 5.41) is 12.5. The predicted octanol–water partition coefficient (Wildman–Crippen LogP) is 2.54. The summed E-state index contributed by atoms with van der Waals surface area (Å²) in [5.74, 6) is -0.413. The molecule has 1 aromatic carbocycles. The Morgan fingerprint density at radius 2 is 2.20 bits per heavy atom. The van der Waals surface area contributed by atoms with Crippen molar-refractivity contribution in [3.8, 4) is 5.75 Å². The highest BCUT2D eigenvalue weighted by atomic mass is 19.1. The first kappa shape index (κ1) is 19.7. The van der Waals surface area contributed by atoms with E-state index >= 15 is 0 Å². The molecule has 1 fully saturated rings. The molecule has 2 N–H and O–H groups in total. The quantitative estimate of drug-likeness (QED) is 0.678. The predicted molar refractivity (Wildman–Crippen MR) is 95.5 cm³/mol. The van der Waals surface area contributed by atoms with Crippen molar-refractivity contribution in [2.24, 2.45) is 5.92 Å². The largest absolute Gasteiger partial charge is 0.494 e. The molecular weight excluding hydrogens is 323 g/mol. The molecule has 0 radical (unpaired) electrons. The number of methoxy groups -OCH3 is 1. The van der Waals surface area contributed by atoms with Crippen LogP contribution < -0.4 is 10.1 Å². The first-order chi connectivity index (χ1) is 11.9. The number of ether oxygens (including phenoxy) is 1. The normalized spacial score (nSPS) is 21.0. The molecule has 5 nitrogen and oxygen atoms in total. The molecule has 0 saturated heterocycles. The first-order valence-corrected chi connectivity index (χ1v) is 8.94. The number of carboxylic acid groups (broad SMARTS) is 1. The van der Waals surface area contributed by atoms with Gasteiger partial charge in [0, 0.05) is 12.1 Å². The van der Waals surface area contributed by atoms with E-state index in [1.807, 2.05) is 17.9 Å². The standard InChI is InChI=1S/C19H29FN2O3/c1-4-22(12-19(23)24)16-9-15(10-16)21-11-13(2)7-14-5-6-18(25-3)17(20)8-14/h5-6,8,13,15-16,21H,4,7,9-12H2,1-3H3,(H,23,24). The molecule has 6 heteroatoms. The van der Waals surface area contributed by atoms with E-state index in [4.69, 9.17) is 9.84 Å². The number of nitrogens with zero attached hydrogens (tertiary/aromatic N) is 1. The van der Waals surface area contributed by atoms with Gasteiger partial charge in [-0.05, 0) is 56.0 Å². The number of rotatable bonds is 10. The van der Waals surface area contributed by atoms with Gasteiger partial charge in [-0.2, -0.15) is 0 Å². The highest BCUT2D eigenvalue weighted by Gasteiger charge is 2.33. The van der Waals surface area contributed by atoms with Crippen molar-refractivity contribution in [2.45, 2.75) is 45.2 Å². The van der Waals surface area contributed by atoms with Crippen LogP contribution >= 0.6 is 0 Å². The van der Waals surface area contributed by atoms with Gasteiger partial charge in [0.1, 0.15) is 0 Å². The lowest BCUT2D eigenvalue weighted by Gasteiger charge is -2.42. The average Bonchev–Trinajstić information content (AvgIpc) is 2.52. The zero-order valence-corrected chi connectivity index (χ0v) is 15.3. The molecule has 1 aliphatic carbocycles. The lowest BCUT2D eigenvalue weighted by molar-refractivity contribution is -0.139. The third-order valence-corrected chi connectivity index (χ3v) is 4.93. The number of benzene rings is 1. The van der Waals surface area contributed by atoms with E-state index in [1.54, 1.807) is 12.1 Å². The Morgan fingerprint density at radius 3 is 2.76 bits per heavy atom. The van der Waals surface area contributed by atoms with Crippen LogP contribution in [0.25, 0.3) is 0 Å². The highest BCUT2D eigenvalue weighted by molar-refractivity contribution is 5.69. The van der Waals surface area contributed by atoms with Gasteiger partial charge >= 0.3 is 5.97 Å². The van der Waals surface area contributed by atoms with Crippen LogP contribution in [0.15, 0.2) is 18.2 Å². The van der Waals surface area contributed by atoms with Crippen molar-refractivity contribution < 1.29 is 19.0 Å². The lowest BCUT2D eigenvalue weighted by atomic mass is 9.85. The molecule has 0 spiro atoms. The molecular formula is C19H29FN2O3. The van der Waals surface area contributed by atoms with Gasteiger partial charge in [0.2, 0.25) is 0 Å². The highest BCUT2D eigenvalue weighted by Crippen LogP contribution is 2.26.